The van der Waals surface area contributed by atoms with E-state index in [-0.39, 0.29) is 18.0 Å². The molecular formula is C20H19ClN2O4S. The zero-order valence-electron chi connectivity index (χ0n) is 15.0. The lowest BCUT2D eigenvalue weighted by Crippen LogP contribution is -2.42. The van der Waals surface area contributed by atoms with Crippen LogP contribution < -0.4 is 0 Å². The van der Waals surface area contributed by atoms with Crippen molar-refractivity contribution in [1.82, 2.24) is 4.31 Å². The van der Waals surface area contributed by atoms with Gasteiger partial charge in [0, 0.05) is 18.1 Å². The highest BCUT2D eigenvalue weighted by Crippen LogP contribution is 2.25. The van der Waals surface area contributed by atoms with Crippen LogP contribution in [-0.4, -0.2) is 31.8 Å². The van der Waals surface area contributed by atoms with Crippen LogP contribution in [0.2, 0.25) is 5.02 Å². The molecule has 8 heteroatoms. The summed E-state index contributed by atoms with van der Waals surface area (Å²) in [6.07, 6.45) is 1.17. The van der Waals surface area contributed by atoms with Gasteiger partial charge in [0.25, 0.3) is 0 Å². The van der Waals surface area contributed by atoms with Crippen LogP contribution in [0.15, 0.2) is 53.4 Å². The summed E-state index contributed by atoms with van der Waals surface area (Å²) >= 11 is 5.83. The summed E-state index contributed by atoms with van der Waals surface area (Å²) in [5.41, 5.74) is 1.30. The van der Waals surface area contributed by atoms with Gasteiger partial charge in [0.05, 0.1) is 22.4 Å². The summed E-state index contributed by atoms with van der Waals surface area (Å²) in [5, 5.41) is 9.27. The third-order valence-corrected chi connectivity index (χ3v) is 6.76. The van der Waals surface area contributed by atoms with Crippen LogP contribution in [0.3, 0.4) is 0 Å². The van der Waals surface area contributed by atoms with E-state index in [0.717, 1.165) is 5.56 Å². The highest BCUT2D eigenvalue weighted by atomic mass is 35.5. The van der Waals surface area contributed by atoms with Gasteiger partial charge in [0.2, 0.25) is 10.0 Å². The first-order valence-electron chi connectivity index (χ1n) is 8.81. The third-order valence-electron chi connectivity index (χ3n) is 4.63. The van der Waals surface area contributed by atoms with Crippen LogP contribution in [0, 0.1) is 17.2 Å². The average molecular weight is 419 g/mol. The van der Waals surface area contributed by atoms with Crippen molar-refractivity contribution < 1.29 is 17.9 Å². The van der Waals surface area contributed by atoms with Gasteiger partial charge in [-0.15, -0.1) is 0 Å². The zero-order chi connectivity index (χ0) is 20.1. The van der Waals surface area contributed by atoms with Crippen molar-refractivity contribution in [3.8, 4) is 6.07 Å². The van der Waals surface area contributed by atoms with E-state index < -0.39 is 21.9 Å². The summed E-state index contributed by atoms with van der Waals surface area (Å²) in [6, 6.07) is 14.8. The molecule has 0 N–H and O–H groups in total. The minimum atomic E-state index is -3.68. The molecule has 0 aromatic heterocycles. The van der Waals surface area contributed by atoms with Crippen LogP contribution in [0.4, 0.5) is 0 Å². The van der Waals surface area contributed by atoms with Crippen LogP contribution in [0.1, 0.15) is 24.0 Å². The molecule has 3 rings (SSSR count). The maximum Gasteiger partial charge on any atom is 0.310 e. The Kier molecular flexibility index (Phi) is 6.35. The number of benzene rings is 2. The molecule has 28 heavy (non-hydrogen) atoms. The van der Waals surface area contributed by atoms with Crippen LogP contribution in [0.25, 0.3) is 0 Å². The lowest BCUT2D eigenvalue weighted by atomic mass is 10.00. The fourth-order valence-corrected chi connectivity index (χ4v) is 4.71. The van der Waals surface area contributed by atoms with Crippen LogP contribution >= 0.6 is 11.6 Å². The maximum absolute atomic E-state index is 12.8. The first kappa shape index (κ1) is 20.3. The Morgan fingerprint density at radius 2 is 1.86 bits per heavy atom. The number of rotatable bonds is 5. The van der Waals surface area contributed by atoms with Crippen molar-refractivity contribution >= 4 is 27.6 Å². The summed E-state index contributed by atoms with van der Waals surface area (Å²) in [7, 11) is -3.68. The van der Waals surface area contributed by atoms with Gasteiger partial charge in [-0.1, -0.05) is 23.7 Å². The fraction of sp³-hybridized carbons (Fsp3) is 0.300. The summed E-state index contributed by atoms with van der Waals surface area (Å²) in [6.45, 7) is 0.548. The molecular weight excluding hydrogens is 400 g/mol. The molecule has 1 saturated heterocycles. The van der Waals surface area contributed by atoms with E-state index in [1.807, 2.05) is 6.07 Å². The zero-order valence-corrected chi connectivity index (χ0v) is 16.6. The molecule has 0 amide bonds. The topological polar surface area (TPSA) is 87.5 Å². The molecule has 1 aliphatic rings. The van der Waals surface area contributed by atoms with E-state index in [1.54, 1.807) is 24.3 Å². The second-order valence-electron chi connectivity index (χ2n) is 6.57. The third kappa shape index (κ3) is 4.71. The molecule has 0 radical (unpaired) electrons. The van der Waals surface area contributed by atoms with Crippen molar-refractivity contribution in [3.05, 3.63) is 64.7 Å². The van der Waals surface area contributed by atoms with E-state index in [4.69, 9.17) is 21.6 Å². The molecule has 146 valence electrons. The summed E-state index contributed by atoms with van der Waals surface area (Å²) in [5.74, 6) is -0.922. The predicted octanol–water partition coefficient (Wildman–Crippen LogP) is 3.36. The van der Waals surface area contributed by atoms with Gasteiger partial charge in [-0.3, -0.25) is 4.79 Å². The molecule has 1 atom stereocenters. The number of ether oxygens (including phenoxy) is 1. The number of nitriles is 1. The largest absolute Gasteiger partial charge is 0.461 e. The first-order chi connectivity index (χ1) is 13.4. The Labute approximate surface area is 169 Å². The SMILES string of the molecule is N#Cc1ccc(COC(=O)C2CCCN(S(=O)(=O)c3ccc(Cl)cc3)C2)cc1. The van der Waals surface area contributed by atoms with Crippen molar-refractivity contribution in [2.45, 2.75) is 24.3 Å². The number of carbonyl (C=O) groups excluding carboxylic acids is 1. The molecule has 1 aliphatic heterocycles. The molecule has 6 nitrogen and oxygen atoms in total. The van der Waals surface area contributed by atoms with Crippen molar-refractivity contribution in [3.63, 3.8) is 0 Å². The van der Waals surface area contributed by atoms with Gasteiger partial charge in [-0.2, -0.15) is 9.57 Å². The standard InChI is InChI=1S/C20H19ClN2O4S/c21-18-7-9-19(10-8-18)28(25,26)23-11-1-2-17(13-23)20(24)27-14-16-5-3-15(12-22)4-6-16/h3-10,17H,1-2,11,13-14H2. The second-order valence-corrected chi connectivity index (χ2v) is 8.95. The van der Waals surface area contributed by atoms with E-state index in [9.17, 15) is 13.2 Å². The lowest BCUT2D eigenvalue weighted by Gasteiger charge is -2.30. The number of esters is 1. The summed E-state index contributed by atoms with van der Waals surface area (Å²) in [4.78, 5) is 12.6. The van der Waals surface area contributed by atoms with Gasteiger partial charge < -0.3 is 4.74 Å². The quantitative estimate of drug-likeness (QED) is 0.695. The van der Waals surface area contributed by atoms with E-state index in [1.165, 1.54) is 28.6 Å². The number of halogens is 1. The van der Waals surface area contributed by atoms with Gasteiger partial charge in [0.15, 0.2) is 0 Å². The number of sulfonamides is 1. The molecule has 1 heterocycles. The number of hydrogen-bond acceptors (Lipinski definition) is 5. The molecule has 0 saturated carbocycles. The van der Waals surface area contributed by atoms with Gasteiger partial charge in [-0.25, -0.2) is 8.42 Å². The summed E-state index contributed by atoms with van der Waals surface area (Å²) < 4.78 is 32.3. The number of piperidine rings is 1. The van der Waals surface area contributed by atoms with Crippen molar-refractivity contribution in [1.29, 1.82) is 5.26 Å². The smallest absolute Gasteiger partial charge is 0.310 e. The Hall–Kier alpha value is -2.40. The Bertz CT molecular complexity index is 982. The van der Waals surface area contributed by atoms with Crippen LogP contribution in [-0.2, 0) is 26.2 Å². The van der Waals surface area contributed by atoms with Gasteiger partial charge in [-0.05, 0) is 54.8 Å². The average Bonchev–Trinajstić information content (AvgIpc) is 2.72. The highest BCUT2D eigenvalue weighted by molar-refractivity contribution is 7.89. The molecule has 1 fully saturated rings. The Balaban J connectivity index is 1.62. The molecule has 0 aliphatic carbocycles. The molecule has 0 bridgehead atoms. The first-order valence-corrected chi connectivity index (χ1v) is 10.6. The monoisotopic (exact) mass is 418 g/mol. The lowest BCUT2D eigenvalue weighted by molar-refractivity contribution is -0.151. The Morgan fingerprint density at radius 1 is 1.18 bits per heavy atom. The Morgan fingerprint density at radius 3 is 2.50 bits per heavy atom. The van der Waals surface area contributed by atoms with Gasteiger partial charge in [0.1, 0.15) is 6.61 Å². The predicted molar refractivity (Wildman–Crippen MR) is 104 cm³/mol. The van der Waals surface area contributed by atoms with E-state index in [2.05, 4.69) is 0 Å². The normalized spacial score (nSPS) is 17.6. The molecule has 2 aromatic carbocycles. The fourth-order valence-electron chi connectivity index (χ4n) is 3.06. The van der Waals surface area contributed by atoms with Gasteiger partial charge >= 0.3 is 5.97 Å². The molecule has 1 unspecified atom stereocenters. The molecule has 2 aromatic rings. The number of nitrogens with zero attached hydrogens (tertiary/aromatic N) is 2. The van der Waals surface area contributed by atoms with Crippen LogP contribution in [0.5, 0.6) is 0 Å². The minimum Gasteiger partial charge on any atom is -0.461 e. The van der Waals surface area contributed by atoms with Crippen molar-refractivity contribution in [2.24, 2.45) is 5.92 Å². The van der Waals surface area contributed by atoms with Crippen molar-refractivity contribution in [2.75, 3.05) is 13.1 Å². The highest BCUT2D eigenvalue weighted by Gasteiger charge is 2.34. The molecule has 0 spiro atoms. The second kappa shape index (κ2) is 8.74. The maximum atomic E-state index is 12.8. The van der Waals surface area contributed by atoms with E-state index in [0.29, 0.717) is 30.0 Å². The minimum absolute atomic E-state index is 0.0883. The number of hydrogen-bond donors (Lipinski definition) is 0. The van der Waals surface area contributed by atoms with E-state index >= 15 is 0 Å². The number of carbonyl (C=O) groups is 1.